The van der Waals surface area contributed by atoms with Gasteiger partial charge in [-0.15, -0.1) is 11.3 Å². The molecule has 27 heavy (non-hydrogen) atoms. The summed E-state index contributed by atoms with van der Waals surface area (Å²) in [6.45, 7) is 4.62. The summed E-state index contributed by atoms with van der Waals surface area (Å²) in [6, 6.07) is 0. The normalized spacial score (nSPS) is 21.1. The molecule has 1 aromatic rings. The number of nitrogens with one attached hydrogen (secondary N) is 1. The molecule has 1 saturated heterocycles. The highest BCUT2D eigenvalue weighted by atomic mass is 35.5. The zero-order valence-corrected chi connectivity index (χ0v) is 16.9. The van der Waals surface area contributed by atoms with Gasteiger partial charge in [0, 0.05) is 17.9 Å². The summed E-state index contributed by atoms with van der Waals surface area (Å²) >= 11 is 7.24. The average Bonchev–Trinajstić information content (AvgIpc) is 2.89. The number of hydrogen-bond donors (Lipinski definition) is 1. The molecule has 1 atom stereocenters. The zero-order chi connectivity index (χ0) is 19.8. The summed E-state index contributed by atoms with van der Waals surface area (Å²) in [5.41, 5.74) is 1.02. The van der Waals surface area contributed by atoms with Gasteiger partial charge >= 0.3 is 0 Å². The molecule has 2 heterocycles. The Morgan fingerprint density at radius 3 is 2.70 bits per heavy atom. The third-order valence-corrected chi connectivity index (χ3v) is 6.41. The molecule has 0 saturated carbocycles. The highest BCUT2D eigenvalue weighted by Crippen LogP contribution is 2.40. The minimum absolute atomic E-state index is 0.113. The van der Waals surface area contributed by atoms with Gasteiger partial charge in [0.25, 0.3) is 11.7 Å². The van der Waals surface area contributed by atoms with Gasteiger partial charge in [-0.2, -0.15) is 0 Å². The van der Waals surface area contributed by atoms with Crippen LogP contribution in [0.4, 0.5) is 4.39 Å². The van der Waals surface area contributed by atoms with Crippen molar-refractivity contribution < 1.29 is 23.5 Å². The molecule has 1 aliphatic heterocycles. The van der Waals surface area contributed by atoms with Crippen molar-refractivity contribution in [2.24, 2.45) is 0 Å². The molecule has 0 radical (unpaired) electrons. The van der Waals surface area contributed by atoms with Crippen molar-refractivity contribution in [1.82, 2.24) is 5.32 Å². The Labute approximate surface area is 166 Å². The van der Waals surface area contributed by atoms with Crippen LogP contribution in [0.5, 0.6) is 0 Å². The summed E-state index contributed by atoms with van der Waals surface area (Å²) in [4.78, 5) is 26.6. The fourth-order valence-electron chi connectivity index (χ4n) is 3.49. The summed E-state index contributed by atoms with van der Waals surface area (Å²) < 4.78 is 23.8. The number of ketones is 1. The third-order valence-electron chi connectivity index (χ3n) is 4.85. The topological polar surface area (TPSA) is 64.6 Å². The molecule has 1 unspecified atom stereocenters. The van der Waals surface area contributed by atoms with Crippen molar-refractivity contribution in [3.8, 4) is 0 Å². The lowest BCUT2D eigenvalue weighted by atomic mass is 9.89. The van der Waals surface area contributed by atoms with E-state index < -0.39 is 23.1 Å². The van der Waals surface area contributed by atoms with Crippen LogP contribution in [0.2, 0.25) is 0 Å². The number of aryl methyl sites for hydroxylation is 1. The van der Waals surface area contributed by atoms with Gasteiger partial charge in [0.15, 0.2) is 0 Å². The number of rotatable bonds is 6. The summed E-state index contributed by atoms with van der Waals surface area (Å²) in [5, 5.41) is 2.92. The molecule has 1 fully saturated rings. The van der Waals surface area contributed by atoms with Crippen LogP contribution < -0.4 is 5.32 Å². The van der Waals surface area contributed by atoms with E-state index in [-0.39, 0.29) is 17.6 Å². The molecular formula is C19H21ClFNO4S. The van der Waals surface area contributed by atoms with Gasteiger partial charge in [0.05, 0.1) is 29.7 Å². The third kappa shape index (κ3) is 3.87. The number of allylic oxidation sites excluding steroid dienone is 4. The molecular weight excluding hydrogens is 393 g/mol. The lowest BCUT2D eigenvalue weighted by Gasteiger charge is -2.41. The first-order chi connectivity index (χ1) is 12.8. The standard InChI is InChI=1S/C19H21ClFNO4S/c1-10-15(12-4-5-14(21)13(20)6-12)11(2)27-17(10)16(23)18(24)22-19(7-25-3)8-26-9-19/h4-5,12H,6-9H2,1-3H3,(H,22,24). The molecule has 146 valence electrons. The molecule has 8 heteroatoms. The SMILES string of the molecule is COCC1(NC(=O)C(=O)c2sc(C)c(C3C=CC(F)=C(Cl)C3)c2C)COC1. The fraction of sp³-hybridized carbons (Fsp3) is 0.474. The number of hydrogen-bond acceptors (Lipinski definition) is 5. The summed E-state index contributed by atoms with van der Waals surface area (Å²) in [6.07, 6.45) is 3.44. The number of Topliss-reactive ketones (excluding diaryl/α,β-unsaturated/α-hetero) is 1. The van der Waals surface area contributed by atoms with Gasteiger partial charge in [-0.1, -0.05) is 17.7 Å². The number of halogens is 2. The van der Waals surface area contributed by atoms with Crippen LogP contribution in [0.15, 0.2) is 23.0 Å². The van der Waals surface area contributed by atoms with E-state index in [0.717, 1.165) is 16.0 Å². The smallest absolute Gasteiger partial charge is 0.293 e. The number of ether oxygens (including phenoxy) is 2. The van der Waals surface area contributed by atoms with Gasteiger partial charge in [0.1, 0.15) is 11.4 Å². The Hall–Kier alpha value is -1.54. The second-order valence-corrected chi connectivity index (χ2v) is 8.62. The molecule has 1 N–H and O–H groups in total. The zero-order valence-electron chi connectivity index (χ0n) is 15.4. The molecule has 1 aliphatic carbocycles. The van der Waals surface area contributed by atoms with Crippen molar-refractivity contribution in [1.29, 1.82) is 0 Å². The predicted octanol–water partition coefficient (Wildman–Crippen LogP) is 3.54. The van der Waals surface area contributed by atoms with E-state index in [1.54, 1.807) is 6.08 Å². The lowest BCUT2D eigenvalue weighted by molar-refractivity contribution is -0.135. The predicted molar refractivity (Wildman–Crippen MR) is 102 cm³/mol. The number of methoxy groups -OCH3 is 1. The molecule has 1 amide bonds. The van der Waals surface area contributed by atoms with Gasteiger partial charge in [-0.25, -0.2) is 4.39 Å². The monoisotopic (exact) mass is 413 g/mol. The Morgan fingerprint density at radius 2 is 2.15 bits per heavy atom. The van der Waals surface area contributed by atoms with E-state index in [0.29, 0.717) is 24.5 Å². The van der Waals surface area contributed by atoms with Crippen molar-refractivity contribution in [3.05, 3.63) is 43.9 Å². The molecule has 0 aromatic carbocycles. The summed E-state index contributed by atoms with van der Waals surface area (Å²) in [7, 11) is 1.53. The molecule has 3 rings (SSSR count). The fourth-order valence-corrected chi connectivity index (χ4v) is 4.89. The van der Waals surface area contributed by atoms with Crippen LogP contribution in [-0.4, -0.2) is 44.2 Å². The van der Waals surface area contributed by atoms with Crippen LogP contribution in [0.1, 0.15) is 38.0 Å². The number of thiophene rings is 1. The molecule has 0 bridgehead atoms. The van der Waals surface area contributed by atoms with Gasteiger partial charge in [-0.3, -0.25) is 9.59 Å². The Kier molecular flexibility index (Phi) is 5.86. The maximum atomic E-state index is 13.5. The second-order valence-electron chi connectivity index (χ2n) is 6.94. The van der Waals surface area contributed by atoms with Crippen LogP contribution in [-0.2, 0) is 14.3 Å². The van der Waals surface area contributed by atoms with E-state index in [9.17, 15) is 14.0 Å². The van der Waals surface area contributed by atoms with E-state index in [4.69, 9.17) is 21.1 Å². The molecule has 2 aliphatic rings. The Morgan fingerprint density at radius 1 is 1.44 bits per heavy atom. The first kappa shape index (κ1) is 20.2. The van der Waals surface area contributed by atoms with Crippen molar-refractivity contribution in [2.75, 3.05) is 26.9 Å². The minimum atomic E-state index is -0.672. The van der Waals surface area contributed by atoms with Crippen LogP contribution in [0.25, 0.3) is 0 Å². The van der Waals surface area contributed by atoms with Gasteiger partial charge < -0.3 is 14.8 Å². The van der Waals surface area contributed by atoms with E-state index in [2.05, 4.69) is 5.32 Å². The minimum Gasteiger partial charge on any atom is -0.382 e. The first-order valence-electron chi connectivity index (χ1n) is 8.54. The van der Waals surface area contributed by atoms with E-state index in [1.165, 1.54) is 24.5 Å². The van der Waals surface area contributed by atoms with Crippen LogP contribution in [0, 0.1) is 13.8 Å². The highest BCUT2D eigenvalue weighted by molar-refractivity contribution is 7.15. The molecule has 0 spiro atoms. The first-order valence-corrected chi connectivity index (χ1v) is 9.73. The molecule has 1 aromatic heterocycles. The lowest BCUT2D eigenvalue weighted by Crippen LogP contribution is -2.65. The number of amides is 1. The van der Waals surface area contributed by atoms with E-state index >= 15 is 0 Å². The number of carbonyl (C=O) groups excluding carboxylic acids is 2. The largest absolute Gasteiger partial charge is 0.382 e. The van der Waals surface area contributed by atoms with Crippen molar-refractivity contribution in [2.45, 2.75) is 31.7 Å². The number of carbonyl (C=O) groups is 2. The highest BCUT2D eigenvalue weighted by Gasteiger charge is 2.42. The maximum absolute atomic E-state index is 13.5. The quantitative estimate of drug-likeness (QED) is 0.572. The summed E-state index contributed by atoms with van der Waals surface area (Å²) in [5.74, 6) is -1.80. The van der Waals surface area contributed by atoms with Crippen LogP contribution in [0.3, 0.4) is 0 Å². The maximum Gasteiger partial charge on any atom is 0.293 e. The van der Waals surface area contributed by atoms with Crippen molar-refractivity contribution >= 4 is 34.6 Å². The Balaban J connectivity index is 1.81. The van der Waals surface area contributed by atoms with Gasteiger partial charge in [-0.05, 0) is 37.5 Å². The van der Waals surface area contributed by atoms with Crippen molar-refractivity contribution in [3.63, 3.8) is 0 Å². The van der Waals surface area contributed by atoms with E-state index in [1.807, 2.05) is 13.8 Å². The Bertz CT molecular complexity index is 841. The van der Waals surface area contributed by atoms with Crippen LogP contribution >= 0.6 is 22.9 Å². The second kappa shape index (κ2) is 7.83. The molecule has 5 nitrogen and oxygen atoms in total. The van der Waals surface area contributed by atoms with Gasteiger partial charge in [0.2, 0.25) is 0 Å². The average molecular weight is 414 g/mol.